The first-order valence-corrected chi connectivity index (χ1v) is 9.28. The molecule has 118 valence electrons. The van der Waals surface area contributed by atoms with Crippen LogP contribution < -0.4 is 9.46 Å². The minimum atomic E-state index is -3.61. The number of hydrogen-bond donors (Lipinski definition) is 1. The highest BCUT2D eigenvalue weighted by Crippen LogP contribution is 2.25. The third kappa shape index (κ3) is 4.01. The predicted octanol–water partition coefficient (Wildman–Crippen LogP) is 4.21. The van der Waals surface area contributed by atoms with Gasteiger partial charge in [-0.2, -0.15) is 0 Å². The number of ether oxygens (including phenoxy) is 1. The van der Waals surface area contributed by atoms with Crippen LogP contribution in [0.25, 0.3) is 0 Å². The molecule has 2 aromatic carbocycles. The largest absolute Gasteiger partial charge is 0.494 e. The summed E-state index contributed by atoms with van der Waals surface area (Å²) in [6.07, 6.45) is 0.737. The van der Waals surface area contributed by atoms with Gasteiger partial charge in [-0.05, 0) is 61.4 Å². The fourth-order valence-corrected chi connectivity index (χ4v) is 3.55. The van der Waals surface area contributed by atoms with Crippen molar-refractivity contribution in [2.24, 2.45) is 0 Å². The molecular formula is C16H18BrNO3S. The summed E-state index contributed by atoms with van der Waals surface area (Å²) in [5.74, 6) is 0.652. The molecule has 2 aromatic rings. The van der Waals surface area contributed by atoms with Crippen molar-refractivity contribution < 1.29 is 13.2 Å². The number of hydrogen-bond acceptors (Lipinski definition) is 3. The van der Waals surface area contributed by atoms with E-state index < -0.39 is 10.0 Å². The maximum atomic E-state index is 12.5. The molecule has 2 rings (SSSR count). The molecule has 0 unspecified atom stereocenters. The lowest BCUT2D eigenvalue weighted by molar-refractivity contribution is 0.340. The molecule has 0 heterocycles. The summed E-state index contributed by atoms with van der Waals surface area (Å²) in [5.41, 5.74) is 1.53. The summed E-state index contributed by atoms with van der Waals surface area (Å²) in [6, 6.07) is 11.9. The van der Waals surface area contributed by atoms with E-state index in [9.17, 15) is 8.42 Å². The van der Waals surface area contributed by atoms with Crippen LogP contribution in [0.4, 0.5) is 5.69 Å². The van der Waals surface area contributed by atoms with Gasteiger partial charge in [0.15, 0.2) is 0 Å². The molecule has 6 heteroatoms. The number of anilines is 1. The number of aryl methyl sites for hydroxylation is 1. The van der Waals surface area contributed by atoms with Gasteiger partial charge in [0.1, 0.15) is 5.75 Å². The van der Waals surface area contributed by atoms with Crippen LogP contribution >= 0.6 is 15.9 Å². The van der Waals surface area contributed by atoms with Crippen LogP contribution in [0.15, 0.2) is 51.8 Å². The molecule has 1 N–H and O–H groups in total. The van der Waals surface area contributed by atoms with Crippen LogP contribution in [-0.2, 0) is 16.4 Å². The lowest BCUT2D eigenvalue weighted by Gasteiger charge is -2.12. The Labute approximate surface area is 139 Å². The van der Waals surface area contributed by atoms with Gasteiger partial charge in [-0.15, -0.1) is 0 Å². The average Bonchev–Trinajstić information content (AvgIpc) is 2.50. The Morgan fingerprint density at radius 3 is 2.36 bits per heavy atom. The third-order valence-electron chi connectivity index (χ3n) is 3.14. The van der Waals surface area contributed by atoms with Crippen LogP contribution in [0.2, 0.25) is 0 Å². The highest BCUT2D eigenvalue weighted by molar-refractivity contribution is 9.10. The first-order chi connectivity index (χ1) is 10.5. The van der Waals surface area contributed by atoms with Crippen LogP contribution in [0.5, 0.6) is 5.75 Å². The molecule has 0 amide bonds. The van der Waals surface area contributed by atoms with Gasteiger partial charge in [0, 0.05) is 4.47 Å². The molecule has 0 saturated carbocycles. The van der Waals surface area contributed by atoms with Gasteiger partial charge < -0.3 is 4.74 Å². The van der Waals surface area contributed by atoms with Gasteiger partial charge in [0.25, 0.3) is 10.0 Å². The molecule has 0 radical (unpaired) electrons. The smallest absolute Gasteiger partial charge is 0.261 e. The van der Waals surface area contributed by atoms with Gasteiger partial charge >= 0.3 is 0 Å². The summed E-state index contributed by atoms with van der Waals surface area (Å²) >= 11 is 3.39. The van der Waals surface area contributed by atoms with E-state index in [0.29, 0.717) is 18.0 Å². The minimum absolute atomic E-state index is 0.209. The molecule has 0 spiro atoms. The Morgan fingerprint density at radius 2 is 1.77 bits per heavy atom. The van der Waals surface area contributed by atoms with E-state index in [-0.39, 0.29) is 4.90 Å². The summed E-state index contributed by atoms with van der Waals surface area (Å²) in [5, 5.41) is 0. The summed E-state index contributed by atoms with van der Waals surface area (Å²) in [6.45, 7) is 4.41. The number of halogens is 1. The van der Waals surface area contributed by atoms with Crippen molar-refractivity contribution in [3.05, 3.63) is 52.5 Å². The second kappa shape index (κ2) is 7.15. The first-order valence-electron chi connectivity index (χ1n) is 7.00. The van der Waals surface area contributed by atoms with E-state index in [2.05, 4.69) is 20.7 Å². The van der Waals surface area contributed by atoms with Crippen LogP contribution in [0, 0.1) is 0 Å². The van der Waals surface area contributed by atoms with E-state index in [0.717, 1.165) is 16.5 Å². The molecule has 0 bridgehead atoms. The molecule has 0 atom stereocenters. The Hall–Kier alpha value is -1.53. The van der Waals surface area contributed by atoms with Gasteiger partial charge in [-0.3, -0.25) is 4.72 Å². The molecule has 4 nitrogen and oxygen atoms in total. The molecule has 0 aliphatic heterocycles. The zero-order valence-electron chi connectivity index (χ0n) is 12.5. The van der Waals surface area contributed by atoms with Gasteiger partial charge in [-0.25, -0.2) is 8.42 Å². The van der Waals surface area contributed by atoms with Crippen LogP contribution in [0.3, 0.4) is 0 Å². The van der Waals surface area contributed by atoms with Gasteiger partial charge in [0.05, 0.1) is 17.2 Å². The van der Waals surface area contributed by atoms with Gasteiger partial charge in [-0.1, -0.05) is 22.9 Å². The number of benzene rings is 2. The topological polar surface area (TPSA) is 55.4 Å². The van der Waals surface area contributed by atoms with Crippen molar-refractivity contribution in [1.82, 2.24) is 0 Å². The van der Waals surface area contributed by atoms with Crippen molar-refractivity contribution in [2.45, 2.75) is 25.2 Å². The maximum Gasteiger partial charge on any atom is 0.261 e. The molecule has 0 saturated heterocycles. The standard InChI is InChI=1S/C16H18BrNO3S/c1-3-12-11-13(17)5-10-16(12)18-22(19,20)15-8-6-14(7-9-15)21-4-2/h5-11,18H,3-4H2,1-2H3. The number of rotatable bonds is 6. The van der Waals surface area contributed by atoms with Crippen molar-refractivity contribution >= 4 is 31.6 Å². The zero-order valence-corrected chi connectivity index (χ0v) is 14.9. The van der Waals surface area contributed by atoms with Crippen molar-refractivity contribution in [3.63, 3.8) is 0 Å². The molecule has 0 aliphatic rings. The molecule has 0 fully saturated rings. The lowest BCUT2D eigenvalue weighted by atomic mass is 10.1. The maximum absolute atomic E-state index is 12.5. The second-order valence-electron chi connectivity index (χ2n) is 4.66. The monoisotopic (exact) mass is 383 g/mol. The van der Waals surface area contributed by atoms with Crippen molar-refractivity contribution in [2.75, 3.05) is 11.3 Å². The normalized spacial score (nSPS) is 11.2. The summed E-state index contributed by atoms with van der Waals surface area (Å²) in [7, 11) is -3.61. The van der Waals surface area contributed by atoms with Crippen molar-refractivity contribution in [1.29, 1.82) is 0 Å². The first kappa shape index (κ1) is 16.8. The van der Waals surface area contributed by atoms with E-state index in [4.69, 9.17) is 4.74 Å². The predicted molar refractivity (Wildman–Crippen MR) is 91.9 cm³/mol. The Bertz CT molecular complexity index is 742. The van der Waals surface area contributed by atoms with E-state index in [1.54, 1.807) is 18.2 Å². The SMILES string of the molecule is CCOc1ccc(S(=O)(=O)Nc2ccc(Br)cc2CC)cc1. The van der Waals surface area contributed by atoms with Crippen LogP contribution in [0.1, 0.15) is 19.4 Å². The van der Waals surface area contributed by atoms with Crippen LogP contribution in [-0.4, -0.2) is 15.0 Å². The average molecular weight is 384 g/mol. The Morgan fingerprint density at radius 1 is 1.09 bits per heavy atom. The zero-order chi connectivity index (χ0) is 16.2. The van der Waals surface area contributed by atoms with Crippen molar-refractivity contribution in [3.8, 4) is 5.75 Å². The second-order valence-corrected chi connectivity index (χ2v) is 7.26. The summed E-state index contributed by atoms with van der Waals surface area (Å²) < 4.78 is 33.8. The Balaban J connectivity index is 2.27. The van der Waals surface area contributed by atoms with E-state index in [1.807, 2.05) is 26.0 Å². The molecule has 22 heavy (non-hydrogen) atoms. The quantitative estimate of drug-likeness (QED) is 0.812. The molecule has 0 aliphatic carbocycles. The van der Waals surface area contributed by atoms with E-state index in [1.165, 1.54) is 12.1 Å². The van der Waals surface area contributed by atoms with Gasteiger partial charge in [0.2, 0.25) is 0 Å². The number of sulfonamides is 1. The van der Waals surface area contributed by atoms with E-state index >= 15 is 0 Å². The summed E-state index contributed by atoms with van der Waals surface area (Å²) in [4.78, 5) is 0.209. The Kier molecular flexibility index (Phi) is 5.47. The minimum Gasteiger partial charge on any atom is -0.494 e. The highest BCUT2D eigenvalue weighted by Gasteiger charge is 2.16. The fraction of sp³-hybridized carbons (Fsp3) is 0.250. The molecular weight excluding hydrogens is 366 g/mol. The molecule has 0 aromatic heterocycles. The highest BCUT2D eigenvalue weighted by atomic mass is 79.9. The lowest BCUT2D eigenvalue weighted by Crippen LogP contribution is -2.14. The fourth-order valence-electron chi connectivity index (χ4n) is 2.04. The third-order valence-corrected chi connectivity index (χ3v) is 5.01. The number of nitrogens with one attached hydrogen (secondary N) is 1.